The number of amides is 1. The average molecular weight is 342 g/mol. The van der Waals surface area contributed by atoms with Gasteiger partial charge in [-0.1, -0.05) is 40.9 Å². The van der Waals surface area contributed by atoms with E-state index < -0.39 is 15.9 Å². The second-order valence-corrected chi connectivity index (χ2v) is 7.89. The fourth-order valence-corrected chi connectivity index (χ4v) is 4.42. The van der Waals surface area contributed by atoms with Crippen LogP contribution in [0.3, 0.4) is 0 Å². The number of unbranched alkanes of at least 4 members (excludes halogenated alkanes) is 1. The number of benzene rings is 1. The number of nitrogens with zero attached hydrogens (tertiary/aromatic N) is 1. The number of carbonyl (C=O) groups excluding carboxylic acids is 1. The van der Waals surface area contributed by atoms with Crippen molar-refractivity contribution in [3.8, 4) is 0 Å². The Morgan fingerprint density at radius 2 is 2.14 bits per heavy atom. The predicted molar refractivity (Wildman–Crippen MR) is 89.8 cm³/mol. The van der Waals surface area contributed by atoms with Gasteiger partial charge in [0, 0.05) is 6.54 Å². The maximum absolute atomic E-state index is 12.5. The highest BCUT2D eigenvalue weighted by molar-refractivity contribution is 7.90. The third-order valence-electron chi connectivity index (χ3n) is 3.89. The Balaban J connectivity index is 2.18. The summed E-state index contributed by atoms with van der Waals surface area (Å²) >= 11 is 0. The first-order valence-corrected chi connectivity index (χ1v) is 9.61. The molecule has 2 atom stereocenters. The van der Waals surface area contributed by atoms with E-state index in [1.807, 2.05) is 16.8 Å². The van der Waals surface area contributed by atoms with Gasteiger partial charge in [0.25, 0.3) is 15.9 Å². The van der Waals surface area contributed by atoms with E-state index in [1.165, 1.54) is 0 Å². The third-order valence-corrected chi connectivity index (χ3v) is 5.96. The van der Waals surface area contributed by atoms with Gasteiger partial charge in [-0.25, -0.2) is 13.1 Å². The second kappa shape index (κ2) is 7.53. The van der Waals surface area contributed by atoms with E-state index in [1.54, 1.807) is 12.1 Å². The topological polar surface area (TPSA) is 66.5 Å². The molecule has 7 heteroatoms. The number of hydrogen-bond acceptors (Lipinski definition) is 4. The number of nitrogens with one attached hydrogen (secondary N) is 1. The molecular formula is C15H23N2O3PS. The minimum atomic E-state index is -3.82. The number of aryl methyl sites for hydroxylation is 1. The lowest BCUT2D eigenvalue weighted by Gasteiger charge is -2.19. The highest BCUT2D eigenvalue weighted by Crippen LogP contribution is 2.22. The van der Waals surface area contributed by atoms with E-state index >= 15 is 0 Å². The molecule has 0 aromatic heterocycles. The van der Waals surface area contributed by atoms with Gasteiger partial charge in [-0.3, -0.25) is 9.46 Å². The third kappa shape index (κ3) is 4.06. The van der Waals surface area contributed by atoms with Crippen molar-refractivity contribution in [2.24, 2.45) is 0 Å². The summed E-state index contributed by atoms with van der Waals surface area (Å²) in [6.45, 7) is 2.85. The molecule has 1 aliphatic rings. The summed E-state index contributed by atoms with van der Waals surface area (Å²) in [6, 6.07) is 6.50. The van der Waals surface area contributed by atoms with Crippen LogP contribution in [0.25, 0.3) is 0 Å². The molecule has 22 heavy (non-hydrogen) atoms. The van der Waals surface area contributed by atoms with E-state index in [0.29, 0.717) is 12.8 Å². The molecule has 0 radical (unpaired) electrons. The van der Waals surface area contributed by atoms with E-state index in [0.717, 1.165) is 31.4 Å². The van der Waals surface area contributed by atoms with Gasteiger partial charge in [0.05, 0.1) is 10.9 Å². The van der Waals surface area contributed by atoms with Crippen LogP contribution in [0, 0.1) is 0 Å². The maximum atomic E-state index is 12.5. The van der Waals surface area contributed by atoms with Crippen LogP contribution >= 0.6 is 9.39 Å². The zero-order valence-corrected chi connectivity index (χ0v) is 14.8. The van der Waals surface area contributed by atoms with Gasteiger partial charge in [0.2, 0.25) is 0 Å². The summed E-state index contributed by atoms with van der Waals surface area (Å²) < 4.78 is 29.1. The standard InChI is InChI=1S/C15H23N2O3PS/c1-2-3-7-12-8-4-5-10-14(12)22(19,20)16-15(18)13-9-6-11-17(13)21/h4-5,8,10,13H,2-3,6-7,9,11,21H2,1H3,(H,16,18)/t13-/m0/s1. The van der Waals surface area contributed by atoms with Crippen LogP contribution in [0.2, 0.25) is 0 Å². The zero-order chi connectivity index (χ0) is 16.2. The van der Waals surface area contributed by atoms with Crippen molar-refractivity contribution >= 4 is 25.3 Å². The summed E-state index contributed by atoms with van der Waals surface area (Å²) in [5.74, 6) is -0.446. The van der Waals surface area contributed by atoms with Crippen molar-refractivity contribution in [3.63, 3.8) is 0 Å². The number of sulfonamides is 1. The van der Waals surface area contributed by atoms with Crippen LogP contribution in [0.4, 0.5) is 0 Å². The average Bonchev–Trinajstić information content (AvgIpc) is 2.91. The van der Waals surface area contributed by atoms with Crippen molar-refractivity contribution < 1.29 is 13.2 Å². The maximum Gasteiger partial charge on any atom is 0.264 e. The Bertz CT molecular complexity index is 633. The lowest BCUT2D eigenvalue weighted by Crippen LogP contribution is -2.42. The minimum absolute atomic E-state index is 0.213. The van der Waals surface area contributed by atoms with Crippen LogP contribution < -0.4 is 4.72 Å². The van der Waals surface area contributed by atoms with Crippen LogP contribution in [-0.2, 0) is 21.2 Å². The van der Waals surface area contributed by atoms with Gasteiger partial charge < -0.3 is 0 Å². The fraction of sp³-hybridized carbons (Fsp3) is 0.533. The van der Waals surface area contributed by atoms with Crippen LogP contribution in [-0.4, -0.2) is 31.6 Å². The van der Waals surface area contributed by atoms with Crippen molar-refractivity contribution in [2.75, 3.05) is 6.54 Å². The van der Waals surface area contributed by atoms with E-state index in [9.17, 15) is 13.2 Å². The number of carbonyl (C=O) groups is 1. The summed E-state index contributed by atoms with van der Waals surface area (Å²) in [6.07, 6.45) is 4.19. The van der Waals surface area contributed by atoms with Gasteiger partial charge in [-0.2, -0.15) is 0 Å². The largest absolute Gasteiger partial charge is 0.275 e. The highest BCUT2D eigenvalue weighted by Gasteiger charge is 2.31. The lowest BCUT2D eigenvalue weighted by molar-refractivity contribution is -0.122. The van der Waals surface area contributed by atoms with E-state index in [2.05, 4.69) is 21.0 Å². The first-order chi connectivity index (χ1) is 10.5. The normalized spacial score (nSPS) is 19.3. The lowest BCUT2D eigenvalue weighted by atomic mass is 10.1. The van der Waals surface area contributed by atoms with E-state index in [-0.39, 0.29) is 10.9 Å². The van der Waals surface area contributed by atoms with Crippen molar-refractivity contribution in [2.45, 2.75) is 50.0 Å². The van der Waals surface area contributed by atoms with Gasteiger partial charge in [-0.15, -0.1) is 0 Å². The Labute approximate surface area is 134 Å². The second-order valence-electron chi connectivity index (χ2n) is 5.58. The summed E-state index contributed by atoms with van der Waals surface area (Å²) in [7, 11) is -1.33. The molecule has 1 saturated heterocycles. The molecule has 1 fully saturated rings. The van der Waals surface area contributed by atoms with Crippen molar-refractivity contribution in [3.05, 3.63) is 29.8 Å². The van der Waals surface area contributed by atoms with Crippen LogP contribution in [0.15, 0.2) is 29.2 Å². The first kappa shape index (κ1) is 17.4. The molecule has 1 N–H and O–H groups in total. The number of rotatable bonds is 6. The zero-order valence-electron chi connectivity index (χ0n) is 12.8. The molecule has 1 aromatic rings. The molecule has 1 amide bonds. The van der Waals surface area contributed by atoms with Gasteiger partial charge >= 0.3 is 0 Å². The molecule has 2 rings (SSSR count). The summed E-state index contributed by atoms with van der Waals surface area (Å²) in [4.78, 5) is 12.4. The Morgan fingerprint density at radius 1 is 1.41 bits per heavy atom. The molecule has 0 bridgehead atoms. The quantitative estimate of drug-likeness (QED) is 0.804. The first-order valence-electron chi connectivity index (χ1n) is 7.61. The van der Waals surface area contributed by atoms with Crippen LogP contribution in [0.1, 0.15) is 38.2 Å². The van der Waals surface area contributed by atoms with Gasteiger partial charge in [0.15, 0.2) is 0 Å². The summed E-state index contributed by atoms with van der Waals surface area (Å²) in [5.41, 5.74) is 0.763. The SMILES string of the molecule is CCCCc1ccccc1S(=O)(=O)NC(=O)[C@@H]1CCCN1P. The molecular weight excluding hydrogens is 319 g/mol. The van der Waals surface area contributed by atoms with E-state index in [4.69, 9.17) is 0 Å². The molecule has 5 nitrogen and oxygen atoms in total. The predicted octanol–water partition coefficient (Wildman–Crippen LogP) is 2.09. The molecule has 0 aliphatic carbocycles. The highest BCUT2D eigenvalue weighted by atomic mass is 32.2. The van der Waals surface area contributed by atoms with Gasteiger partial charge in [0.1, 0.15) is 0 Å². The summed E-state index contributed by atoms with van der Waals surface area (Å²) in [5, 5.41) is 0. The molecule has 122 valence electrons. The minimum Gasteiger partial charge on any atom is -0.275 e. The fourth-order valence-electron chi connectivity index (χ4n) is 2.67. The monoisotopic (exact) mass is 342 g/mol. The van der Waals surface area contributed by atoms with Crippen LogP contribution in [0.5, 0.6) is 0 Å². The molecule has 0 spiro atoms. The smallest absolute Gasteiger partial charge is 0.264 e. The molecule has 1 aromatic carbocycles. The van der Waals surface area contributed by atoms with Crippen molar-refractivity contribution in [1.82, 2.24) is 9.39 Å². The van der Waals surface area contributed by atoms with Gasteiger partial charge in [-0.05, 0) is 37.3 Å². The Morgan fingerprint density at radius 3 is 2.77 bits per heavy atom. The van der Waals surface area contributed by atoms with Crippen molar-refractivity contribution in [1.29, 1.82) is 0 Å². The molecule has 1 aliphatic heterocycles. The number of hydrogen-bond donors (Lipinski definition) is 1. The molecule has 1 heterocycles. The molecule has 1 unspecified atom stereocenters. The molecule has 0 saturated carbocycles. The Hall–Kier alpha value is -0.970. The Kier molecular flexibility index (Phi) is 5.95.